The number of nitrogens with one attached hydrogen (secondary N) is 2. The van der Waals surface area contributed by atoms with Gasteiger partial charge in [0.25, 0.3) is 5.91 Å². The number of ether oxygens (including phenoxy) is 1. The summed E-state index contributed by atoms with van der Waals surface area (Å²) in [5.41, 5.74) is 6.28. The Labute approximate surface area is 141 Å². The molecule has 0 bridgehead atoms. The van der Waals surface area contributed by atoms with Crippen molar-refractivity contribution in [1.29, 1.82) is 0 Å². The largest absolute Gasteiger partial charge is 0.465 e. The molecule has 10 heteroatoms. The van der Waals surface area contributed by atoms with E-state index in [-0.39, 0.29) is 10.8 Å². The highest BCUT2D eigenvalue weighted by Crippen LogP contribution is 2.28. The topological polar surface area (TPSA) is 111 Å². The molecule has 1 amide bonds. The maximum atomic E-state index is 11.7. The van der Waals surface area contributed by atoms with Gasteiger partial charge >= 0.3 is 5.97 Å². The molecule has 0 saturated carbocycles. The number of hydrogen-bond donors (Lipinski definition) is 3. The normalized spacial score (nSPS) is 10.2. The average molecular weight is 353 g/mol. The number of nitrogens with two attached hydrogens (primary N) is 1. The van der Waals surface area contributed by atoms with Crippen molar-refractivity contribution in [2.45, 2.75) is 6.92 Å². The molecule has 0 aromatic carbocycles. The van der Waals surface area contributed by atoms with E-state index < -0.39 is 11.9 Å². The molecule has 8 nitrogen and oxygen atoms in total. The van der Waals surface area contributed by atoms with Gasteiger partial charge in [0.2, 0.25) is 0 Å². The SMILES string of the molecule is COC(=O)c1cc(C)sc1NC(=S)Nc1cnn(C)c1C(N)=O. The Morgan fingerprint density at radius 3 is 2.74 bits per heavy atom. The smallest absolute Gasteiger partial charge is 0.340 e. The fourth-order valence-corrected chi connectivity index (χ4v) is 3.13. The summed E-state index contributed by atoms with van der Waals surface area (Å²) in [6.45, 7) is 1.87. The van der Waals surface area contributed by atoms with E-state index >= 15 is 0 Å². The van der Waals surface area contributed by atoms with E-state index in [4.69, 9.17) is 22.7 Å². The maximum absolute atomic E-state index is 11.7. The van der Waals surface area contributed by atoms with Crippen molar-refractivity contribution in [3.63, 3.8) is 0 Å². The fourth-order valence-electron chi connectivity index (χ4n) is 1.95. The number of rotatable bonds is 4. The summed E-state index contributed by atoms with van der Waals surface area (Å²) >= 11 is 6.57. The van der Waals surface area contributed by atoms with Crippen LogP contribution >= 0.6 is 23.6 Å². The number of aryl methyl sites for hydroxylation is 2. The zero-order chi connectivity index (χ0) is 17.1. The van der Waals surface area contributed by atoms with Gasteiger partial charge in [-0.2, -0.15) is 5.10 Å². The number of hydrogen-bond acceptors (Lipinski definition) is 6. The molecule has 0 aliphatic rings. The lowest BCUT2D eigenvalue weighted by Crippen LogP contribution is -2.23. The Hall–Kier alpha value is -2.46. The van der Waals surface area contributed by atoms with Gasteiger partial charge in [0, 0.05) is 11.9 Å². The molecule has 0 saturated heterocycles. The lowest BCUT2D eigenvalue weighted by atomic mass is 10.3. The fraction of sp³-hybridized carbons (Fsp3) is 0.231. The van der Waals surface area contributed by atoms with Crippen LogP contribution in [-0.4, -0.2) is 33.9 Å². The van der Waals surface area contributed by atoms with Gasteiger partial charge in [-0.25, -0.2) is 4.79 Å². The molecule has 0 radical (unpaired) electrons. The Kier molecular flexibility index (Phi) is 4.96. The Morgan fingerprint density at radius 2 is 2.13 bits per heavy atom. The van der Waals surface area contributed by atoms with Crippen LogP contribution in [0.5, 0.6) is 0 Å². The number of carbonyl (C=O) groups is 2. The van der Waals surface area contributed by atoms with E-state index in [1.54, 1.807) is 13.1 Å². The quantitative estimate of drug-likeness (QED) is 0.564. The standard InChI is InChI=1S/C13H15N5O3S2/c1-6-4-7(12(20)21-3)11(23-6)17-13(22)16-8-5-15-18(2)9(8)10(14)19/h4-5H,1-3H3,(H2,14,19)(H2,16,17,22). The van der Waals surface area contributed by atoms with Gasteiger partial charge in [0.1, 0.15) is 10.7 Å². The van der Waals surface area contributed by atoms with Crippen molar-refractivity contribution in [2.75, 3.05) is 17.7 Å². The number of thiocarbonyl (C=S) groups is 1. The average Bonchev–Trinajstić information content (AvgIpc) is 3.01. The summed E-state index contributed by atoms with van der Waals surface area (Å²) in [7, 11) is 2.91. The third-order valence-corrected chi connectivity index (χ3v) is 4.08. The first kappa shape index (κ1) is 16.9. The predicted molar refractivity (Wildman–Crippen MR) is 92.0 cm³/mol. The first-order valence-electron chi connectivity index (χ1n) is 6.42. The van der Waals surface area contributed by atoms with Crippen molar-refractivity contribution in [3.05, 3.63) is 28.4 Å². The summed E-state index contributed by atoms with van der Waals surface area (Å²) in [5.74, 6) is -1.09. The molecule has 2 heterocycles. The summed E-state index contributed by atoms with van der Waals surface area (Å²) < 4.78 is 6.08. The summed E-state index contributed by atoms with van der Waals surface area (Å²) in [6.07, 6.45) is 1.44. The number of amides is 1. The van der Waals surface area contributed by atoms with Crippen molar-refractivity contribution in [3.8, 4) is 0 Å². The van der Waals surface area contributed by atoms with Gasteiger partial charge < -0.3 is 21.1 Å². The third kappa shape index (κ3) is 3.66. The van der Waals surface area contributed by atoms with Crippen molar-refractivity contribution < 1.29 is 14.3 Å². The van der Waals surface area contributed by atoms with Crippen molar-refractivity contribution >= 4 is 51.2 Å². The number of thiophene rings is 1. The van der Waals surface area contributed by atoms with Gasteiger partial charge in [-0.15, -0.1) is 11.3 Å². The van der Waals surface area contributed by atoms with Gasteiger partial charge in [-0.1, -0.05) is 0 Å². The van der Waals surface area contributed by atoms with E-state index in [0.717, 1.165) is 4.88 Å². The molecule has 2 aromatic heterocycles. The molecular weight excluding hydrogens is 338 g/mol. The monoisotopic (exact) mass is 353 g/mol. The first-order chi connectivity index (χ1) is 10.8. The Morgan fingerprint density at radius 1 is 1.43 bits per heavy atom. The van der Waals surface area contributed by atoms with E-state index in [9.17, 15) is 9.59 Å². The number of aromatic nitrogens is 2. The van der Waals surface area contributed by atoms with Crippen LogP contribution in [0.2, 0.25) is 0 Å². The highest BCUT2D eigenvalue weighted by Gasteiger charge is 2.18. The summed E-state index contributed by atoms with van der Waals surface area (Å²) in [6, 6.07) is 1.71. The zero-order valence-electron chi connectivity index (χ0n) is 12.7. The molecule has 0 fully saturated rings. The van der Waals surface area contributed by atoms with E-state index in [1.807, 2.05) is 6.92 Å². The molecule has 0 unspecified atom stereocenters. The van der Waals surface area contributed by atoms with Crippen LogP contribution in [0.3, 0.4) is 0 Å². The number of carbonyl (C=O) groups excluding carboxylic acids is 2. The highest BCUT2D eigenvalue weighted by molar-refractivity contribution is 7.80. The molecular formula is C13H15N5O3S2. The molecule has 0 atom stereocenters. The molecule has 0 aliphatic heterocycles. The molecule has 122 valence electrons. The molecule has 2 rings (SSSR count). The minimum absolute atomic E-state index is 0.199. The molecule has 23 heavy (non-hydrogen) atoms. The van der Waals surface area contributed by atoms with Crippen LogP contribution in [0.1, 0.15) is 25.7 Å². The predicted octanol–water partition coefficient (Wildman–Crippen LogP) is 1.48. The minimum atomic E-state index is -0.627. The second-order valence-electron chi connectivity index (χ2n) is 4.57. The molecule has 0 spiro atoms. The molecule has 4 N–H and O–H groups in total. The van der Waals surface area contributed by atoms with Gasteiger partial charge in [0.15, 0.2) is 5.11 Å². The highest BCUT2D eigenvalue weighted by atomic mass is 32.1. The van der Waals surface area contributed by atoms with Gasteiger partial charge in [-0.3, -0.25) is 9.48 Å². The van der Waals surface area contributed by atoms with Crippen molar-refractivity contribution in [2.24, 2.45) is 12.8 Å². The lowest BCUT2D eigenvalue weighted by molar-refractivity contribution is 0.0602. The minimum Gasteiger partial charge on any atom is -0.465 e. The van der Waals surface area contributed by atoms with Crippen LogP contribution in [0.25, 0.3) is 0 Å². The second kappa shape index (κ2) is 6.75. The Balaban J connectivity index is 2.18. The van der Waals surface area contributed by atoms with Crippen molar-refractivity contribution in [1.82, 2.24) is 9.78 Å². The lowest BCUT2D eigenvalue weighted by Gasteiger charge is -2.10. The summed E-state index contributed by atoms with van der Waals surface area (Å²) in [4.78, 5) is 24.1. The van der Waals surface area contributed by atoms with Crippen LogP contribution in [0.15, 0.2) is 12.3 Å². The van der Waals surface area contributed by atoms with Gasteiger partial charge in [0.05, 0.1) is 24.6 Å². The zero-order valence-corrected chi connectivity index (χ0v) is 14.3. The van der Waals surface area contributed by atoms with Crippen LogP contribution in [0, 0.1) is 6.92 Å². The number of nitrogens with zero attached hydrogens (tertiary/aromatic N) is 2. The number of primary amides is 1. The third-order valence-electron chi connectivity index (χ3n) is 2.91. The van der Waals surface area contributed by atoms with Crippen LogP contribution in [0.4, 0.5) is 10.7 Å². The number of esters is 1. The Bertz CT molecular complexity index is 781. The molecule has 2 aromatic rings. The van der Waals surface area contributed by atoms with E-state index in [0.29, 0.717) is 16.3 Å². The second-order valence-corrected chi connectivity index (χ2v) is 6.23. The maximum Gasteiger partial charge on any atom is 0.340 e. The number of anilines is 2. The van der Waals surface area contributed by atoms with Gasteiger partial charge in [-0.05, 0) is 25.2 Å². The van der Waals surface area contributed by atoms with Crippen LogP contribution < -0.4 is 16.4 Å². The first-order valence-corrected chi connectivity index (χ1v) is 7.64. The van der Waals surface area contributed by atoms with Crippen LogP contribution in [-0.2, 0) is 11.8 Å². The van der Waals surface area contributed by atoms with E-state index in [1.165, 1.54) is 29.3 Å². The number of methoxy groups -OCH3 is 1. The van der Waals surface area contributed by atoms with E-state index in [2.05, 4.69) is 15.7 Å². The molecule has 0 aliphatic carbocycles. The summed E-state index contributed by atoms with van der Waals surface area (Å²) in [5, 5.41) is 10.5.